The minimum Gasteiger partial charge on any atom is -0.439 e. The molecule has 0 fully saturated rings. The van der Waals surface area contributed by atoms with E-state index in [0.29, 0.717) is 106 Å². The first-order valence-electron chi connectivity index (χ1n) is 33.7. The molecule has 16 rings (SSSR count). The summed E-state index contributed by atoms with van der Waals surface area (Å²) < 4.78 is 32.1. The Balaban J connectivity index is 0.000000166. The second-order valence-electron chi connectivity index (χ2n) is 22.6. The number of thiazole rings is 3. The Hall–Kier alpha value is -11.5. The second-order valence-corrected chi connectivity index (χ2v) is 32.0. The molecule has 0 atom stereocenters. The Labute approximate surface area is 813 Å². The first kappa shape index (κ1) is 101. The van der Waals surface area contributed by atoms with E-state index in [0.717, 1.165) is 28.9 Å². The highest BCUT2D eigenvalue weighted by Crippen LogP contribution is 2.30. The first-order valence-corrected chi connectivity index (χ1v) is 42.3. The number of aromatic amines is 1. The fourth-order valence-corrected chi connectivity index (χ4v) is 12.1. The van der Waals surface area contributed by atoms with Crippen LogP contribution in [-0.2, 0) is 0 Å². The van der Waals surface area contributed by atoms with Gasteiger partial charge in [-0.25, -0.2) is 69.8 Å². The number of pyridine rings is 8. The third-order valence-electron chi connectivity index (χ3n) is 13.4. The number of hydrogen-bond donors (Lipinski definition) is 9. The zero-order valence-electron chi connectivity index (χ0n) is 62.6. The lowest BCUT2D eigenvalue weighted by Gasteiger charge is -2.01. The molecule has 0 saturated carbocycles. The van der Waals surface area contributed by atoms with Crippen LogP contribution in [0.4, 0.5) is 49.9 Å². The lowest BCUT2D eigenvalue weighted by molar-refractivity contribution is 0.0976. The monoisotopic (exact) mass is 2120 g/mol. The van der Waals surface area contributed by atoms with E-state index in [1.807, 2.05) is 0 Å². The van der Waals surface area contributed by atoms with E-state index in [4.69, 9.17) is 199 Å². The number of halogens is 17. The van der Waals surface area contributed by atoms with Crippen molar-refractivity contribution in [3.8, 4) is 0 Å². The van der Waals surface area contributed by atoms with Crippen molar-refractivity contribution in [3.63, 3.8) is 0 Å². The molecule has 0 aliphatic rings. The average Bonchev–Trinajstić information content (AvgIpc) is 1.72. The number of amides is 8. The van der Waals surface area contributed by atoms with Crippen molar-refractivity contribution < 1.29 is 60.4 Å². The van der Waals surface area contributed by atoms with Crippen LogP contribution >= 0.6 is 220 Å². The van der Waals surface area contributed by atoms with Crippen LogP contribution in [0, 0.1) is 6.01 Å². The predicted octanol–water partition coefficient (Wildman–Crippen LogP) is 22.3. The zero-order chi connectivity index (χ0) is 93.2. The Bertz CT molecular complexity index is 5740. The number of hydrogen-bond acceptors (Lipinski definition) is 31. The summed E-state index contributed by atoms with van der Waals surface area (Å²) in [6.45, 7) is 0. The van der Waals surface area contributed by atoms with Crippen LogP contribution < -0.4 is 42.5 Å². The van der Waals surface area contributed by atoms with Crippen LogP contribution in [0.2, 0.25) is 80.9 Å². The molecule has 0 bridgehead atoms. The van der Waals surface area contributed by atoms with E-state index in [2.05, 4.69) is 132 Å². The molecule has 0 radical (unpaired) electrons. The summed E-state index contributed by atoms with van der Waals surface area (Å²) in [5.74, 6) is -4.14. The lowest BCUT2D eigenvalue weighted by atomic mass is 10.4. The molecule has 662 valence electrons. The number of carbonyl (C=O) groups is 8. The summed E-state index contributed by atoms with van der Waals surface area (Å²) in [5, 5.41) is 26.0. The standard InChI is InChI=1S/C9H4Cl3N3O2.C9H4Cl3N3OS.2C9H5Cl2N3O2.2C9H5Cl2N3OS.C9H5ClFN3O2.C9H7ClN4O/c2*10-5-2-1-4(3-13-5)14-8(16)9-15-6(11)7(12)17-9;10-6-2-1-5(3-12-6)13-8(15)9-14-7(11)4-16-9;10-6-2-1-5(3-12-6)14-8(15)9-13-4-7(11)16-9;10-6-2-1-5(3-12-6)13-8(15)9-14-7(11)4-16-9;2*10-6-2-1-5(3-12-6)14-8(15)9-13-4-7(11)16-9;10-7-2-1-6(5-13-7)14-9(15)8-11-3-4-12-8/h2*1-3H,(H,14,16);1-4H,(H,13,15);1-4H,(H,14,15);1-4H,(H,13,15);2*1-4H,(H,14,15);1-5H,(H,11,12)(H,14,15). The van der Waals surface area contributed by atoms with Gasteiger partial charge < -0.3 is 65.2 Å². The number of nitrogens with one attached hydrogen (secondary N) is 9. The third-order valence-corrected chi connectivity index (χ3v) is 20.2. The topological polar surface area (TPSA) is 507 Å². The molecule has 0 aromatic carbocycles. The van der Waals surface area contributed by atoms with Crippen molar-refractivity contribution >= 4 is 312 Å². The molecule has 0 aliphatic carbocycles. The molecule has 0 saturated heterocycles. The number of anilines is 8. The quantitative estimate of drug-likeness (QED) is 0.0406. The van der Waals surface area contributed by atoms with Gasteiger partial charge in [0.2, 0.25) is 10.4 Å². The lowest BCUT2D eigenvalue weighted by Crippen LogP contribution is -2.13. The van der Waals surface area contributed by atoms with E-state index in [1.54, 1.807) is 96.5 Å². The number of rotatable bonds is 16. The van der Waals surface area contributed by atoms with Crippen LogP contribution in [-0.4, -0.2) is 132 Å². The summed E-state index contributed by atoms with van der Waals surface area (Å²) in [6, 6.07) is 24.5. The third kappa shape index (κ3) is 35.1. The van der Waals surface area contributed by atoms with E-state index < -0.39 is 35.5 Å². The van der Waals surface area contributed by atoms with Crippen molar-refractivity contribution in [2.24, 2.45) is 0 Å². The van der Waals surface area contributed by atoms with Crippen molar-refractivity contribution in [2.45, 2.75) is 0 Å². The number of nitrogens with zero attached hydrogens (tertiary/aromatic N) is 16. The predicted molar refractivity (Wildman–Crippen MR) is 489 cm³/mol. The molecule has 16 aromatic rings. The molecular formula is C72H40Cl16FN25O12S3. The zero-order valence-corrected chi connectivity index (χ0v) is 77.1. The largest absolute Gasteiger partial charge is 0.439 e. The molecule has 129 heavy (non-hydrogen) atoms. The molecule has 16 aromatic heterocycles. The fraction of sp³-hybridized carbons (Fsp3) is 0. The average molecular weight is 2130 g/mol. The van der Waals surface area contributed by atoms with Gasteiger partial charge in [0.25, 0.3) is 53.2 Å². The van der Waals surface area contributed by atoms with Gasteiger partial charge in [-0.15, -0.1) is 11.3 Å². The summed E-state index contributed by atoms with van der Waals surface area (Å²) in [6.07, 6.45) is 19.2. The highest BCUT2D eigenvalue weighted by molar-refractivity contribution is 7.18. The molecular weight excluding hydrogens is 2090 g/mol. The minimum atomic E-state index is -0.917. The van der Waals surface area contributed by atoms with Crippen LogP contribution in [0.3, 0.4) is 0 Å². The first-order chi connectivity index (χ1) is 61.6. The maximum atomic E-state index is 12.4. The van der Waals surface area contributed by atoms with Crippen molar-refractivity contribution in [1.82, 2.24) is 84.7 Å². The van der Waals surface area contributed by atoms with Crippen LogP contribution in [0.5, 0.6) is 0 Å². The van der Waals surface area contributed by atoms with E-state index in [-0.39, 0.29) is 82.4 Å². The maximum absolute atomic E-state index is 12.4. The molecule has 8 amide bonds. The number of oxazole rings is 4. The van der Waals surface area contributed by atoms with Gasteiger partial charge in [0.05, 0.1) is 107 Å². The number of H-pyrrole nitrogens is 1. The number of carbonyl (C=O) groups excluding carboxylic acids is 8. The summed E-state index contributed by atoms with van der Waals surface area (Å²) in [5.41, 5.74) is 4.04. The summed E-state index contributed by atoms with van der Waals surface area (Å²) in [7, 11) is 0. The van der Waals surface area contributed by atoms with Crippen LogP contribution in [0.25, 0.3) is 0 Å². The van der Waals surface area contributed by atoms with E-state index in [9.17, 15) is 42.7 Å². The number of aromatic nitrogens is 17. The Morgan fingerprint density at radius 1 is 0.310 bits per heavy atom. The molecule has 57 heteroatoms. The van der Waals surface area contributed by atoms with Gasteiger partial charge in [-0.2, -0.15) is 14.4 Å². The highest BCUT2D eigenvalue weighted by Gasteiger charge is 2.21. The molecule has 0 spiro atoms. The molecule has 37 nitrogen and oxygen atoms in total. The Morgan fingerprint density at radius 3 is 0.977 bits per heavy atom. The Kier molecular flexibility index (Phi) is 40.0. The molecule has 9 N–H and O–H groups in total. The van der Waals surface area contributed by atoms with Gasteiger partial charge >= 0.3 is 23.6 Å². The second kappa shape index (κ2) is 51.0. The van der Waals surface area contributed by atoms with Gasteiger partial charge in [-0.3, -0.25) is 38.4 Å². The summed E-state index contributed by atoms with van der Waals surface area (Å²) in [4.78, 5) is 156. The minimum absolute atomic E-state index is 0.0550. The molecule has 16 heterocycles. The molecule has 0 unspecified atom stereocenters. The van der Waals surface area contributed by atoms with Gasteiger partial charge in [0.15, 0.2) is 36.3 Å². The maximum Gasteiger partial charge on any atom is 0.311 e. The van der Waals surface area contributed by atoms with E-state index in [1.165, 1.54) is 97.9 Å². The van der Waals surface area contributed by atoms with Gasteiger partial charge in [0, 0.05) is 17.8 Å². The highest BCUT2D eigenvalue weighted by atomic mass is 35.5. The Morgan fingerprint density at radius 2 is 0.682 bits per heavy atom. The van der Waals surface area contributed by atoms with Crippen molar-refractivity contribution in [1.29, 1.82) is 0 Å². The summed E-state index contributed by atoms with van der Waals surface area (Å²) >= 11 is 92.9. The normalized spacial score (nSPS) is 10.1. The van der Waals surface area contributed by atoms with Gasteiger partial charge in [-0.1, -0.05) is 185 Å². The SMILES string of the molecule is O=C(Nc1ccc(Cl)nc1)c1nc(Cl)c(Cl)o1.O=C(Nc1ccc(Cl)nc1)c1nc(Cl)c(Cl)s1.O=C(Nc1ccc(Cl)nc1)c1nc(Cl)co1.O=C(Nc1ccc(Cl)nc1)c1nc(Cl)cs1.O=C(Nc1ccc(Cl)nc1)c1ncc(Cl)o1.O=C(Nc1ccc(Cl)nc1)c1ncc(Cl)s1.O=C(Nc1ccc(Cl)nc1)c1ncc(F)o1.O=C(Nc1ccc(Cl)nc1)c1ncc[nH]1. The van der Waals surface area contributed by atoms with Crippen molar-refractivity contribution in [2.75, 3.05) is 42.5 Å². The smallest absolute Gasteiger partial charge is 0.311 e. The van der Waals surface area contributed by atoms with Gasteiger partial charge in [-0.05, 0) is 120 Å². The van der Waals surface area contributed by atoms with Gasteiger partial charge in [0.1, 0.15) is 67.5 Å². The van der Waals surface area contributed by atoms with Crippen LogP contribution in [0.1, 0.15) is 82.8 Å². The molecule has 0 aliphatic heterocycles. The fourth-order valence-electron chi connectivity index (χ4n) is 8.02. The number of imidazole rings is 1. The van der Waals surface area contributed by atoms with Crippen LogP contribution in [0.15, 0.2) is 207 Å². The van der Waals surface area contributed by atoms with Crippen molar-refractivity contribution in [3.05, 3.63) is 321 Å². The van der Waals surface area contributed by atoms with E-state index >= 15 is 0 Å².